The molecule has 2 atom stereocenters. The Morgan fingerprint density at radius 3 is 2.62 bits per heavy atom. The second-order valence-corrected chi connectivity index (χ2v) is 10.7. The van der Waals surface area contributed by atoms with Gasteiger partial charge in [-0.1, -0.05) is 35.9 Å². The van der Waals surface area contributed by atoms with E-state index in [2.05, 4.69) is 51.1 Å². The topological polar surface area (TPSA) is 71.4 Å². The van der Waals surface area contributed by atoms with Crippen LogP contribution in [0.2, 0.25) is 5.02 Å². The van der Waals surface area contributed by atoms with Gasteiger partial charge in [0.2, 0.25) is 5.91 Å². The largest absolute Gasteiger partial charge is 0.495 e. The molecule has 4 aromatic rings. The third-order valence-corrected chi connectivity index (χ3v) is 8.19. The summed E-state index contributed by atoms with van der Waals surface area (Å²) in [6, 6.07) is 21.1. The number of halogens is 1. The van der Waals surface area contributed by atoms with Crippen LogP contribution in [0.3, 0.4) is 0 Å². The van der Waals surface area contributed by atoms with Gasteiger partial charge in [-0.3, -0.25) is 9.78 Å². The van der Waals surface area contributed by atoms with Gasteiger partial charge in [0, 0.05) is 41.3 Å². The van der Waals surface area contributed by atoms with Gasteiger partial charge in [0.25, 0.3) is 0 Å². The average Bonchev–Trinajstić information content (AvgIpc) is 3.44. The van der Waals surface area contributed by atoms with Crippen LogP contribution >= 0.6 is 23.8 Å². The molecule has 2 aromatic carbocycles. The van der Waals surface area contributed by atoms with Gasteiger partial charge in [0.1, 0.15) is 5.75 Å². The van der Waals surface area contributed by atoms with Crippen molar-refractivity contribution < 1.29 is 9.53 Å². The molecular weight excluding hydrogens is 542 g/mol. The summed E-state index contributed by atoms with van der Waals surface area (Å²) in [6.07, 6.45) is 2.04. The number of thiocarbonyl (C=S) groups is 1. The Morgan fingerprint density at radius 2 is 1.88 bits per heavy atom. The van der Waals surface area contributed by atoms with E-state index in [1.54, 1.807) is 13.3 Å². The van der Waals surface area contributed by atoms with Crippen molar-refractivity contribution in [2.45, 2.75) is 39.3 Å². The van der Waals surface area contributed by atoms with Crippen LogP contribution in [0, 0.1) is 20.8 Å². The average molecular weight is 574 g/mol. The molecule has 5 rings (SSSR count). The molecule has 2 aromatic heterocycles. The highest BCUT2D eigenvalue weighted by Gasteiger charge is 2.41. The van der Waals surface area contributed by atoms with Crippen molar-refractivity contribution in [2.24, 2.45) is 0 Å². The standard InChI is InChI=1S/C31H32ClN5O2S/c1-19-18-22(21(3)37(19)26-13-9-10-23(32)20(26)2)30-29(25-12-7-8-16-33-25)35-31(40)36(30)17-15-28(38)34-24-11-5-6-14-27(24)39-4/h5-14,16,18,29-30H,15,17H2,1-4H3,(H,34,38)(H,35,40)/t29-,30-/m1/s1. The zero-order chi connectivity index (χ0) is 28.4. The van der Waals surface area contributed by atoms with E-state index in [9.17, 15) is 4.79 Å². The molecule has 7 nitrogen and oxygen atoms in total. The molecule has 206 valence electrons. The molecule has 9 heteroatoms. The number of para-hydroxylation sites is 2. The second-order valence-electron chi connectivity index (χ2n) is 9.86. The van der Waals surface area contributed by atoms with Crippen molar-refractivity contribution in [1.82, 2.24) is 19.8 Å². The van der Waals surface area contributed by atoms with Crippen molar-refractivity contribution in [1.29, 1.82) is 0 Å². The number of nitrogens with zero attached hydrogens (tertiary/aromatic N) is 3. The molecule has 1 aliphatic rings. The Morgan fingerprint density at radius 1 is 1.10 bits per heavy atom. The van der Waals surface area contributed by atoms with Gasteiger partial charge in [-0.2, -0.15) is 0 Å². The minimum atomic E-state index is -0.180. The van der Waals surface area contributed by atoms with E-state index < -0.39 is 0 Å². The van der Waals surface area contributed by atoms with E-state index in [0.29, 0.717) is 23.1 Å². The van der Waals surface area contributed by atoms with Crippen LogP contribution in [-0.4, -0.2) is 39.1 Å². The van der Waals surface area contributed by atoms with Gasteiger partial charge in [0.15, 0.2) is 5.11 Å². The molecule has 0 aliphatic carbocycles. The Labute approximate surface area is 245 Å². The lowest BCUT2D eigenvalue weighted by Crippen LogP contribution is -2.33. The molecule has 3 heterocycles. The fourth-order valence-electron chi connectivity index (χ4n) is 5.46. The van der Waals surface area contributed by atoms with E-state index in [1.807, 2.05) is 61.5 Å². The molecule has 0 saturated carbocycles. The van der Waals surface area contributed by atoms with Gasteiger partial charge in [-0.15, -0.1) is 0 Å². The van der Waals surface area contributed by atoms with Crippen LogP contribution < -0.4 is 15.4 Å². The van der Waals surface area contributed by atoms with Crippen molar-refractivity contribution >= 4 is 40.5 Å². The zero-order valence-electron chi connectivity index (χ0n) is 22.9. The van der Waals surface area contributed by atoms with Crippen LogP contribution in [0.5, 0.6) is 5.75 Å². The Hall–Kier alpha value is -3.88. The summed E-state index contributed by atoms with van der Waals surface area (Å²) < 4.78 is 7.62. The number of carbonyl (C=O) groups is 1. The van der Waals surface area contributed by atoms with E-state index >= 15 is 0 Å². The summed E-state index contributed by atoms with van der Waals surface area (Å²) >= 11 is 12.3. The van der Waals surface area contributed by atoms with E-state index in [1.165, 1.54) is 0 Å². The number of anilines is 1. The number of amides is 1. The van der Waals surface area contributed by atoms with E-state index in [0.717, 1.165) is 38.9 Å². The molecule has 0 unspecified atom stereocenters. The van der Waals surface area contributed by atoms with Crippen LogP contribution in [0.15, 0.2) is 72.9 Å². The molecule has 0 radical (unpaired) electrons. The maximum absolute atomic E-state index is 13.0. The fourth-order valence-corrected chi connectivity index (χ4v) is 5.96. The lowest BCUT2D eigenvalue weighted by atomic mass is 9.96. The highest BCUT2D eigenvalue weighted by Crippen LogP contribution is 2.42. The van der Waals surface area contributed by atoms with Gasteiger partial charge in [-0.25, -0.2) is 0 Å². The van der Waals surface area contributed by atoms with Gasteiger partial charge < -0.3 is 24.8 Å². The first-order chi connectivity index (χ1) is 19.3. The monoisotopic (exact) mass is 573 g/mol. The quantitative estimate of drug-likeness (QED) is 0.236. The molecule has 2 N–H and O–H groups in total. The summed E-state index contributed by atoms with van der Waals surface area (Å²) in [6.45, 7) is 6.68. The van der Waals surface area contributed by atoms with Crippen molar-refractivity contribution in [3.8, 4) is 11.4 Å². The highest BCUT2D eigenvalue weighted by molar-refractivity contribution is 7.80. The SMILES string of the molecule is COc1ccccc1NC(=O)CCN1C(=S)N[C@H](c2ccccn2)[C@H]1c1cc(C)n(-c2cccc(Cl)c2C)c1C. The maximum Gasteiger partial charge on any atom is 0.226 e. The van der Waals surface area contributed by atoms with Crippen LogP contribution in [0.1, 0.15) is 46.7 Å². The molecule has 0 spiro atoms. The highest BCUT2D eigenvalue weighted by atomic mass is 35.5. The van der Waals surface area contributed by atoms with Crippen molar-refractivity contribution in [3.05, 3.63) is 106 Å². The number of pyridine rings is 1. The van der Waals surface area contributed by atoms with Gasteiger partial charge in [0.05, 0.1) is 30.6 Å². The Kier molecular flexibility index (Phi) is 8.09. The first-order valence-electron chi connectivity index (χ1n) is 13.2. The summed E-state index contributed by atoms with van der Waals surface area (Å²) in [5.74, 6) is 0.499. The number of hydrogen-bond donors (Lipinski definition) is 2. The first-order valence-corrected chi connectivity index (χ1v) is 13.9. The normalized spacial score (nSPS) is 16.6. The molecule has 1 saturated heterocycles. The minimum Gasteiger partial charge on any atom is -0.495 e. The molecule has 0 bridgehead atoms. The maximum atomic E-state index is 13.0. The number of benzene rings is 2. The predicted molar refractivity (Wildman–Crippen MR) is 163 cm³/mol. The number of ether oxygens (including phenoxy) is 1. The molecule has 1 aliphatic heterocycles. The number of aryl methyl sites for hydroxylation is 1. The Balaban J connectivity index is 1.49. The summed E-state index contributed by atoms with van der Waals surface area (Å²) in [4.78, 5) is 19.8. The third-order valence-electron chi connectivity index (χ3n) is 7.43. The number of carbonyl (C=O) groups excluding carboxylic acids is 1. The van der Waals surface area contributed by atoms with E-state index in [4.69, 9.17) is 28.6 Å². The second kappa shape index (κ2) is 11.7. The van der Waals surface area contributed by atoms with Crippen molar-refractivity contribution in [3.63, 3.8) is 0 Å². The lowest BCUT2D eigenvalue weighted by Gasteiger charge is -2.28. The summed E-state index contributed by atoms with van der Waals surface area (Å²) in [5, 5.41) is 7.78. The number of methoxy groups -OCH3 is 1. The van der Waals surface area contributed by atoms with Gasteiger partial charge >= 0.3 is 0 Å². The van der Waals surface area contributed by atoms with E-state index in [-0.39, 0.29) is 24.4 Å². The molecular formula is C31H32ClN5O2S. The number of aromatic nitrogens is 2. The third kappa shape index (κ3) is 5.29. The van der Waals surface area contributed by atoms with Crippen LogP contribution in [0.4, 0.5) is 5.69 Å². The zero-order valence-corrected chi connectivity index (χ0v) is 24.5. The smallest absolute Gasteiger partial charge is 0.226 e. The van der Waals surface area contributed by atoms with Crippen LogP contribution in [0.25, 0.3) is 5.69 Å². The summed E-state index contributed by atoms with van der Waals surface area (Å²) in [7, 11) is 1.59. The minimum absolute atomic E-state index is 0.118. The lowest BCUT2D eigenvalue weighted by molar-refractivity contribution is -0.116. The Bertz CT molecular complexity index is 1550. The number of rotatable bonds is 8. The summed E-state index contributed by atoms with van der Waals surface area (Å²) in [5.41, 5.74) is 6.88. The van der Waals surface area contributed by atoms with Crippen molar-refractivity contribution in [2.75, 3.05) is 19.0 Å². The molecule has 1 fully saturated rings. The van der Waals surface area contributed by atoms with Crippen LogP contribution in [-0.2, 0) is 4.79 Å². The first kappa shape index (κ1) is 27.7. The molecule has 40 heavy (non-hydrogen) atoms. The number of hydrogen-bond acceptors (Lipinski definition) is 4. The predicted octanol–water partition coefficient (Wildman–Crippen LogP) is 6.46. The van der Waals surface area contributed by atoms with Gasteiger partial charge in [-0.05, 0) is 86.6 Å². The molecule has 1 amide bonds. The fraction of sp³-hybridized carbons (Fsp3) is 0.258. The number of nitrogens with one attached hydrogen (secondary N) is 2.